The van der Waals surface area contributed by atoms with Crippen LogP contribution in [-0.2, 0) is 12.5 Å². The van der Waals surface area contributed by atoms with E-state index in [1.54, 1.807) is 6.07 Å². The van der Waals surface area contributed by atoms with Gasteiger partial charge in [-0.15, -0.1) is 0 Å². The number of alkyl halides is 2. The monoisotopic (exact) mass is 446 g/mol. The zero-order valence-electron chi connectivity index (χ0n) is 15.9. The highest BCUT2D eigenvalue weighted by Gasteiger charge is 2.41. The van der Waals surface area contributed by atoms with Crippen LogP contribution in [0.5, 0.6) is 5.75 Å². The molecule has 0 N–H and O–H groups in total. The summed E-state index contributed by atoms with van der Waals surface area (Å²) in [5.41, 5.74) is -1.76. The molecule has 0 aliphatic carbocycles. The van der Waals surface area contributed by atoms with E-state index in [-0.39, 0.29) is 23.3 Å². The van der Waals surface area contributed by atoms with Gasteiger partial charge in [0.05, 0.1) is 0 Å². The first-order chi connectivity index (χ1) is 14.5. The smallest absolute Gasteiger partial charge is 0.429 e. The molecule has 0 bridgehead atoms. The Morgan fingerprint density at radius 3 is 1.84 bits per heavy atom. The van der Waals surface area contributed by atoms with Crippen molar-refractivity contribution >= 4 is 0 Å². The average molecular weight is 446 g/mol. The maximum Gasteiger partial charge on any atom is 0.432 e. The van der Waals surface area contributed by atoms with E-state index < -0.39 is 52.3 Å². The second-order valence-electron chi connectivity index (χ2n) is 6.70. The highest BCUT2D eigenvalue weighted by Crippen LogP contribution is 2.38. The topological polar surface area (TPSA) is 9.23 Å². The van der Waals surface area contributed by atoms with Gasteiger partial charge in [-0.1, -0.05) is 25.5 Å². The zero-order valence-corrected chi connectivity index (χ0v) is 15.9. The van der Waals surface area contributed by atoms with Crippen LogP contribution < -0.4 is 4.74 Å². The normalized spacial score (nSPS) is 11.6. The Morgan fingerprint density at radius 2 is 1.32 bits per heavy atom. The molecule has 164 valence electrons. The van der Waals surface area contributed by atoms with E-state index in [0.717, 1.165) is 6.42 Å². The molecule has 0 aromatic heterocycles. The molecule has 9 heteroatoms. The minimum Gasteiger partial charge on any atom is -0.429 e. The number of aryl methyl sites for hydroxylation is 1. The van der Waals surface area contributed by atoms with E-state index in [4.69, 9.17) is 0 Å². The zero-order chi connectivity index (χ0) is 22.9. The van der Waals surface area contributed by atoms with Crippen molar-refractivity contribution < 1.29 is 39.9 Å². The van der Waals surface area contributed by atoms with E-state index in [2.05, 4.69) is 4.74 Å². The maximum absolute atomic E-state index is 14.4. The molecule has 0 heterocycles. The van der Waals surface area contributed by atoms with Crippen molar-refractivity contribution in [1.29, 1.82) is 0 Å². The van der Waals surface area contributed by atoms with Gasteiger partial charge in [0.1, 0.15) is 28.8 Å². The summed E-state index contributed by atoms with van der Waals surface area (Å²) in [6.07, 6.45) is -3.40. The molecular formula is C22H14F8O. The summed E-state index contributed by atoms with van der Waals surface area (Å²) >= 11 is 0. The van der Waals surface area contributed by atoms with Gasteiger partial charge in [0.2, 0.25) is 0 Å². The lowest BCUT2D eigenvalue weighted by Gasteiger charge is -2.20. The van der Waals surface area contributed by atoms with Crippen molar-refractivity contribution in [3.63, 3.8) is 0 Å². The van der Waals surface area contributed by atoms with E-state index in [1.807, 2.05) is 6.92 Å². The van der Waals surface area contributed by atoms with Gasteiger partial charge in [-0.05, 0) is 35.7 Å². The van der Waals surface area contributed by atoms with E-state index in [1.165, 1.54) is 12.1 Å². The second-order valence-corrected chi connectivity index (χ2v) is 6.70. The Labute approximate surface area is 171 Å². The molecule has 3 rings (SSSR count). The van der Waals surface area contributed by atoms with Gasteiger partial charge in [-0.2, -0.15) is 8.78 Å². The Morgan fingerprint density at radius 1 is 0.742 bits per heavy atom. The third-order valence-corrected chi connectivity index (χ3v) is 4.42. The summed E-state index contributed by atoms with van der Waals surface area (Å²) in [6, 6.07) is 5.16. The van der Waals surface area contributed by atoms with Crippen LogP contribution in [0.1, 0.15) is 24.5 Å². The van der Waals surface area contributed by atoms with Crippen LogP contribution in [0.2, 0.25) is 0 Å². The quantitative estimate of drug-likeness (QED) is 0.286. The van der Waals surface area contributed by atoms with Crippen molar-refractivity contribution in [3.05, 3.63) is 88.5 Å². The van der Waals surface area contributed by atoms with Crippen molar-refractivity contribution in [1.82, 2.24) is 0 Å². The summed E-state index contributed by atoms with van der Waals surface area (Å²) in [5.74, 6) is -11.1. The number of benzene rings is 3. The molecule has 0 aliphatic heterocycles. The molecular weight excluding hydrogens is 432 g/mol. The molecule has 3 aromatic carbocycles. The van der Waals surface area contributed by atoms with Gasteiger partial charge in [-0.3, -0.25) is 0 Å². The van der Waals surface area contributed by atoms with Gasteiger partial charge in [-0.25, -0.2) is 26.3 Å². The number of hydrogen-bond donors (Lipinski definition) is 0. The molecule has 0 amide bonds. The Bertz CT molecular complexity index is 1080. The fraction of sp³-hybridized carbons (Fsp3) is 0.182. The summed E-state index contributed by atoms with van der Waals surface area (Å²) < 4.78 is 115. The van der Waals surface area contributed by atoms with Crippen molar-refractivity contribution in [3.8, 4) is 16.9 Å². The second kappa shape index (κ2) is 8.56. The fourth-order valence-electron chi connectivity index (χ4n) is 3.03. The van der Waals surface area contributed by atoms with E-state index >= 15 is 0 Å². The lowest BCUT2D eigenvalue weighted by atomic mass is 9.99. The van der Waals surface area contributed by atoms with Gasteiger partial charge >= 0.3 is 6.11 Å². The Balaban J connectivity index is 1.98. The predicted octanol–water partition coefficient (Wildman–Crippen LogP) is 7.27. The van der Waals surface area contributed by atoms with Gasteiger partial charge < -0.3 is 4.74 Å². The van der Waals surface area contributed by atoms with Crippen LogP contribution in [0.15, 0.2) is 42.5 Å². The van der Waals surface area contributed by atoms with Crippen LogP contribution in [-0.4, -0.2) is 0 Å². The van der Waals surface area contributed by atoms with Gasteiger partial charge in [0, 0.05) is 17.7 Å². The molecule has 3 aromatic rings. The fourth-order valence-corrected chi connectivity index (χ4v) is 3.03. The first-order valence-corrected chi connectivity index (χ1v) is 9.03. The van der Waals surface area contributed by atoms with E-state index in [9.17, 15) is 35.1 Å². The first kappa shape index (κ1) is 22.6. The molecule has 0 saturated carbocycles. The molecule has 0 radical (unpaired) electrons. The highest BCUT2D eigenvalue weighted by molar-refractivity contribution is 5.65. The molecule has 1 nitrogen and oxygen atoms in total. The van der Waals surface area contributed by atoms with Crippen molar-refractivity contribution in [2.45, 2.75) is 25.9 Å². The van der Waals surface area contributed by atoms with Crippen LogP contribution in [0.3, 0.4) is 0 Å². The molecule has 31 heavy (non-hydrogen) atoms. The van der Waals surface area contributed by atoms with Crippen LogP contribution >= 0.6 is 0 Å². The molecule has 0 atom stereocenters. The van der Waals surface area contributed by atoms with E-state index in [0.29, 0.717) is 24.1 Å². The molecule has 0 aliphatic rings. The number of halogens is 8. The largest absolute Gasteiger partial charge is 0.432 e. The lowest BCUT2D eigenvalue weighted by molar-refractivity contribution is -0.189. The minimum atomic E-state index is -4.72. The Kier molecular flexibility index (Phi) is 6.24. The third kappa shape index (κ3) is 4.65. The molecule has 0 saturated heterocycles. The van der Waals surface area contributed by atoms with Crippen molar-refractivity contribution in [2.75, 3.05) is 0 Å². The summed E-state index contributed by atoms with van der Waals surface area (Å²) in [4.78, 5) is 0. The summed E-state index contributed by atoms with van der Waals surface area (Å²) in [5, 5.41) is 0. The van der Waals surface area contributed by atoms with Crippen LogP contribution in [0.4, 0.5) is 35.1 Å². The standard InChI is InChI=1S/C22H14F8O/c1-2-3-11-4-5-14(15(23)6-11)12-7-16(24)20(17(25)8-12)22(29,30)31-13-9-18(26)21(28)19(27)10-13/h4-10H,2-3H2,1H3. The number of ether oxygens (including phenoxy) is 1. The third-order valence-electron chi connectivity index (χ3n) is 4.42. The maximum atomic E-state index is 14.4. The van der Waals surface area contributed by atoms with Crippen LogP contribution in [0.25, 0.3) is 11.1 Å². The SMILES string of the molecule is CCCc1ccc(-c2cc(F)c(C(F)(F)Oc3cc(F)c(F)c(F)c3)c(F)c2)c(F)c1. The summed E-state index contributed by atoms with van der Waals surface area (Å²) in [7, 11) is 0. The summed E-state index contributed by atoms with van der Waals surface area (Å²) in [6.45, 7) is 1.88. The predicted molar refractivity (Wildman–Crippen MR) is 96.6 cm³/mol. The number of rotatable bonds is 6. The molecule has 0 fully saturated rings. The average Bonchev–Trinajstić information content (AvgIpc) is 2.65. The molecule has 0 spiro atoms. The first-order valence-electron chi connectivity index (χ1n) is 9.03. The Hall–Kier alpha value is -3.10. The number of hydrogen-bond acceptors (Lipinski definition) is 1. The minimum absolute atomic E-state index is 0.101. The van der Waals surface area contributed by atoms with Gasteiger partial charge in [0.25, 0.3) is 0 Å². The van der Waals surface area contributed by atoms with Crippen LogP contribution in [0, 0.1) is 34.9 Å². The molecule has 0 unspecified atom stereocenters. The van der Waals surface area contributed by atoms with Crippen molar-refractivity contribution in [2.24, 2.45) is 0 Å². The highest BCUT2D eigenvalue weighted by atomic mass is 19.3. The van der Waals surface area contributed by atoms with Gasteiger partial charge in [0.15, 0.2) is 17.5 Å². The lowest BCUT2D eigenvalue weighted by Crippen LogP contribution is -2.25.